The summed E-state index contributed by atoms with van der Waals surface area (Å²) in [6.45, 7) is 2.11. The minimum atomic E-state index is -0.537. The maximum absolute atomic E-state index is 12.5. The van der Waals surface area contributed by atoms with Gasteiger partial charge in [-0.3, -0.25) is 19.1 Å². The molecule has 0 radical (unpaired) electrons. The normalized spacial score (nSPS) is 34.0. The van der Waals surface area contributed by atoms with Gasteiger partial charge >= 0.3 is 5.69 Å². The van der Waals surface area contributed by atoms with Gasteiger partial charge < -0.3 is 5.32 Å². The molecule has 1 atom stereocenters. The van der Waals surface area contributed by atoms with Crippen LogP contribution in [0.1, 0.15) is 51.9 Å². The zero-order valence-corrected chi connectivity index (χ0v) is 14.8. The predicted molar refractivity (Wildman–Crippen MR) is 94.1 cm³/mol. The number of amides is 1. The largest absolute Gasteiger partial charge is 0.351 e. The minimum Gasteiger partial charge on any atom is -0.351 e. The van der Waals surface area contributed by atoms with Gasteiger partial charge in [-0.2, -0.15) is 0 Å². The maximum Gasteiger partial charge on any atom is 0.328 e. The Morgan fingerprint density at radius 2 is 1.84 bits per heavy atom. The van der Waals surface area contributed by atoms with Gasteiger partial charge in [-0.1, -0.05) is 6.92 Å². The molecule has 4 bridgehead atoms. The van der Waals surface area contributed by atoms with Crippen LogP contribution in [0.2, 0.25) is 0 Å². The van der Waals surface area contributed by atoms with Crippen LogP contribution >= 0.6 is 0 Å². The summed E-state index contributed by atoms with van der Waals surface area (Å²) in [6.07, 6.45) is 10.2. The van der Waals surface area contributed by atoms with Crippen molar-refractivity contribution in [1.29, 1.82) is 0 Å². The molecule has 0 aliphatic heterocycles. The van der Waals surface area contributed by atoms with Crippen molar-refractivity contribution >= 4 is 5.91 Å². The second kappa shape index (κ2) is 6.15. The van der Waals surface area contributed by atoms with E-state index in [9.17, 15) is 14.4 Å². The number of nitrogens with one attached hydrogen (secondary N) is 2. The fourth-order valence-corrected chi connectivity index (χ4v) is 6.26. The van der Waals surface area contributed by atoms with Crippen molar-refractivity contribution in [3.63, 3.8) is 0 Å². The van der Waals surface area contributed by atoms with Crippen molar-refractivity contribution in [2.75, 3.05) is 0 Å². The standard InChI is InChI=1S/C19H27N3O3/c1-2-15(19-8-12-5-13(9-19)7-14(6-12)10-19)20-17(24)11-22-4-3-16(23)21-18(22)25/h3-4,12-15H,2,5-11H2,1H3,(H,20,24)(H,21,23,25)/t12?,13?,14?,15-,19?/m0/s1. The first-order chi connectivity index (χ1) is 12.0. The molecule has 6 nitrogen and oxygen atoms in total. The molecule has 0 spiro atoms. The van der Waals surface area contributed by atoms with Gasteiger partial charge in [0.2, 0.25) is 5.91 Å². The molecule has 4 fully saturated rings. The average Bonchev–Trinajstić information content (AvgIpc) is 2.54. The summed E-state index contributed by atoms with van der Waals surface area (Å²) in [4.78, 5) is 37.7. The molecule has 4 aliphatic rings. The van der Waals surface area contributed by atoms with Crippen molar-refractivity contribution in [3.05, 3.63) is 33.1 Å². The molecule has 25 heavy (non-hydrogen) atoms. The minimum absolute atomic E-state index is 0.0432. The molecule has 1 aromatic rings. The van der Waals surface area contributed by atoms with Crippen LogP contribution in [-0.2, 0) is 11.3 Å². The molecule has 5 rings (SSSR count). The molecule has 1 amide bonds. The summed E-state index contributed by atoms with van der Waals surface area (Å²) in [5.41, 5.74) is -0.720. The fourth-order valence-electron chi connectivity index (χ4n) is 6.26. The second-order valence-corrected chi connectivity index (χ2v) is 8.55. The van der Waals surface area contributed by atoms with Gasteiger partial charge in [-0.05, 0) is 68.1 Å². The quantitative estimate of drug-likeness (QED) is 0.851. The van der Waals surface area contributed by atoms with E-state index in [1.54, 1.807) is 0 Å². The molecule has 2 N–H and O–H groups in total. The lowest BCUT2D eigenvalue weighted by Gasteiger charge is -2.59. The van der Waals surface area contributed by atoms with E-state index in [0.29, 0.717) is 0 Å². The van der Waals surface area contributed by atoms with Gasteiger partial charge in [0.15, 0.2) is 0 Å². The van der Waals surface area contributed by atoms with Gasteiger partial charge in [0, 0.05) is 18.3 Å². The molecule has 4 aliphatic carbocycles. The lowest BCUT2D eigenvalue weighted by Crippen LogP contribution is -2.57. The molecule has 0 unspecified atom stereocenters. The Bertz CT molecular complexity index is 743. The fraction of sp³-hybridized carbons (Fsp3) is 0.737. The zero-order valence-electron chi connectivity index (χ0n) is 14.8. The highest BCUT2D eigenvalue weighted by molar-refractivity contribution is 5.76. The number of rotatable bonds is 5. The number of hydrogen-bond acceptors (Lipinski definition) is 3. The topological polar surface area (TPSA) is 84.0 Å². The van der Waals surface area contributed by atoms with Crippen LogP contribution in [0, 0.1) is 23.2 Å². The second-order valence-electron chi connectivity index (χ2n) is 8.55. The molecule has 1 aromatic heterocycles. The number of carbonyl (C=O) groups excluding carboxylic acids is 1. The Kier molecular flexibility index (Phi) is 4.08. The first-order valence-corrected chi connectivity index (χ1v) is 9.56. The first-order valence-electron chi connectivity index (χ1n) is 9.56. The van der Waals surface area contributed by atoms with E-state index >= 15 is 0 Å². The van der Waals surface area contributed by atoms with E-state index in [4.69, 9.17) is 0 Å². The van der Waals surface area contributed by atoms with Gasteiger partial charge in [-0.25, -0.2) is 4.79 Å². The Morgan fingerprint density at radius 3 is 2.36 bits per heavy atom. The number of H-pyrrole nitrogens is 1. The Balaban J connectivity index is 1.47. The van der Waals surface area contributed by atoms with E-state index in [1.807, 2.05) is 0 Å². The third-order valence-electron chi connectivity index (χ3n) is 6.78. The summed E-state index contributed by atoms with van der Waals surface area (Å²) in [6, 6.07) is 1.46. The number of carbonyl (C=O) groups is 1. The van der Waals surface area contributed by atoms with Crippen LogP contribution in [0.4, 0.5) is 0 Å². The van der Waals surface area contributed by atoms with Crippen molar-refractivity contribution in [2.24, 2.45) is 23.2 Å². The lowest BCUT2D eigenvalue weighted by molar-refractivity contribution is -0.127. The van der Waals surface area contributed by atoms with E-state index < -0.39 is 11.2 Å². The molecule has 136 valence electrons. The highest BCUT2D eigenvalue weighted by atomic mass is 16.2. The average molecular weight is 345 g/mol. The van der Waals surface area contributed by atoms with E-state index in [2.05, 4.69) is 17.2 Å². The van der Waals surface area contributed by atoms with Crippen molar-refractivity contribution < 1.29 is 4.79 Å². The number of aromatic nitrogens is 2. The Labute approximate surface area is 147 Å². The monoisotopic (exact) mass is 345 g/mol. The maximum atomic E-state index is 12.5. The summed E-state index contributed by atoms with van der Waals surface area (Å²) in [5.74, 6) is 2.40. The van der Waals surface area contributed by atoms with Crippen molar-refractivity contribution in [1.82, 2.24) is 14.9 Å². The smallest absolute Gasteiger partial charge is 0.328 e. The van der Waals surface area contributed by atoms with Gasteiger partial charge in [0.05, 0.1) is 0 Å². The number of hydrogen-bond donors (Lipinski definition) is 2. The van der Waals surface area contributed by atoms with Gasteiger partial charge in [0.25, 0.3) is 5.56 Å². The molecule has 6 heteroatoms. The number of aromatic amines is 1. The van der Waals surface area contributed by atoms with Crippen LogP contribution in [-0.4, -0.2) is 21.5 Å². The SMILES string of the molecule is CC[C@H](NC(=O)Cn1ccc(=O)[nH]c1=O)C12CC3CC(CC(C3)C1)C2. The number of nitrogens with zero attached hydrogens (tertiary/aromatic N) is 1. The molecule has 0 aromatic carbocycles. The zero-order chi connectivity index (χ0) is 17.6. The van der Waals surface area contributed by atoms with Gasteiger partial charge in [-0.15, -0.1) is 0 Å². The van der Waals surface area contributed by atoms with Crippen LogP contribution in [0.25, 0.3) is 0 Å². The Morgan fingerprint density at radius 1 is 1.24 bits per heavy atom. The molecule has 1 heterocycles. The van der Waals surface area contributed by atoms with Crippen LogP contribution in [0.5, 0.6) is 0 Å². The summed E-state index contributed by atoms with van der Waals surface area (Å²) in [7, 11) is 0. The predicted octanol–water partition coefficient (Wildman–Crippen LogP) is 1.65. The highest BCUT2D eigenvalue weighted by Crippen LogP contribution is 2.61. The van der Waals surface area contributed by atoms with Crippen molar-refractivity contribution in [3.8, 4) is 0 Å². The lowest BCUT2D eigenvalue weighted by atomic mass is 9.47. The van der Waals surface area contributed by atoms with E-state index in [0.717, 1.165) is 24.2 Å². The van der Waals surface area contributed by atoms with Crippen LogP contribution in [0.3, 0.4) is 0 Å². The van der Waals surface area contributed by atoms with Crippen LogP contribution in [0.15, 0.2) is 21.9 Å². The molecule has 4 saturated carbocycles. The summed E-state index contributed by atoms with van der Waals surface area (Å²) in [5, 5.41) is 3.22. The Hall–Kier alpha value is -1.85. The molecular formula is C19H27N3O3. The van der Waals surface area contributed by atoms with Gasteiger partial charge in [0.1, 0.15) is 6.54 Å². The van der Waals surface area contributed by atoms with E-state index in [-0.39, 0.29) is 23.9 Å². The summed E-state index contributed by atoms with van der Waals surface area (Å²) >= 11 is 0. The highest BCUT2D eigenvalue weighted by Gasteiger charge is 2.53. The molecular weight excluding hydrogens is 318 g/mol. The first kappa shape index (κ1) is 16.6. The summed E-state index contributed by atoms with van der Waals surface area (Å²) < 4.78 is 1.25. The van der Waals surface area contributed by atoms with E-state index in [1.165, 1.54) is 55.4 Å². The molecule has 0 saturated heterocycles. The van der Waals surface area contributed by atoms with Crippen LogP contribution < -0.4 is 16.6 Å². The van der Waals surface area contributed by atoms with Crippen molar-refractivity contribution in [2.45, 2.75) is 64.5 Å². The third-order valence-corrected chi connectivity index (χ3v) is 6.78. The third kappa shape index (κ3) is 3.07.